The van der Waals surface area contributed by atoms with Gasteiger partial charge in [0.2, 0.25) is 0 Å². The Morgan fingerprint density at radius 2 is 1.92 bits per heavy atom. The second-order valence-electron chi connectivity index (χ2n) is 5.19. The highest BCUT2D eigenvalue weighted by Gasteiger charge is 2.14. The summed E-state index contributed by atoms with van der Waals surface area (Å²) in [5, 5.41) is 5.56. The van der Waals surface area contributed by atoms with E-state index in [1.807, 2.05) is 29.6 Å². The number of hydrogen-bond donors (Lipinski definition) is 1. The van der Waals surface area contributed by atoms with Crippen LogP contribution in [0.15, 0.2) is 41.8 Å². The fourth-order valence-corrected chi connectivity index (χ4v) is 3.70. The molecule has 1 amide bonds. The molecule has 26 heavy (non-hydrogen) atoms. The minimum atomic E-state index is -0.290. The van der Waals surface area contributed by atoms with Crippen LogP contribution in [0.5, 0.6) is 11.5 Å². The van der Waals surface area contributed by atoms with Crippen molar-refractivity contribution in [2.24, 2.45) is 0 Å². The lowest BCUT2D eigenvalue weighted by atomic mass is 10.1. The highest BCUT2D eigenvalue weighted by molar-refractivity contribution is 14.1. The fourth-order valence-electron chi connectivity index (χ4n) is 2.30. The molecule has 3 aromatic rings. The monoisotopic (exact) mass is 500 g/mol. The number of methoxy groups -OCH3 is 2. The van der Waals surface area contributed by atoms with Crippen molar-refractivity contribution in [1.29, 1.82) is 0 Å². The maximum Gasteiger partial charge on any atom is 0.258 e. The van der Waals surface area contributed by atoms with Crippen LogP contribution in [0, 0.1) is 3.57 Å². The number of amides is 1. The highest BCUT2D eigenvalue weighted by atomic mass is 127. The molecule has 134 valence electrons. The predicted octanol–water partition coefficient (Wildman–Crippen LogP) is 5.34. The molecule has 5 nitrogen and oxygen atoms in total. The minimum absolute atomic E-state index is 0.290. The number of thiazole rings is 1. The van der Waals surface area contributed by atoms with Gasteiger partial charge in [-0.15, -0.1) is 11.3 Å². The number of halogens is 2. The molecule has 0 aliphatic rings. The first-order chi connectivity index (χ1) is 12.5. The molecular weight excluding hydrogens is 487 g/mol. The van der Waals surface area contributed by atoms with Crippen LogP contribution in [-0.4, -0.2) is 25.1 Å². The van der Waals surface area contributed by atoms with Crippen molar-refractivity contribution < 1.29 is 14.3 Å². The number of benzene rings is 2. The summed E-state index contributed by atoms with van der Waals surface area (Å²) in [6.07, 6.45) is 0. The first-order valence-electron chi connectivity index (χ1n) is 7.46. The number of hydrogen-bond acceptors (Lipinski definition) is 5. The molecule has 0 spiro atoms. The summed E-state index contributed by atoms with van der Waals surface area (Å²) in [5.74, 6) is 0.976. The molecule has 0 radical (unpaired) electrons. The zero-order chi connectivity index (χ0) is 18.7. The van der Waals surface area contributed by atoms with Gasteiger partial charge in [-0.25, -0.2) is 4.98 Å². The van der Waals surface area contributed by atoms with Crippen LogP contribution in [0.3, 0.4) is 0 Å². The number of rotatable bonds is 5. The van der Waals surface area contributed by atoms with Gasteiger partial charge in [-0.05, 0) is 59.0 Å². The average molecular weight is 501 g/mol. The lowest BCUT2D eigenvalue weighted by Crippen LogP contribution is -2.12. The molecule has 0 fully saturated rings. The topological polar surface area (TPSA) is 60.5 Å². The van der Waals surface area contributed by atoms with Gasteiger partial charge >= 0.3 is 0 Å². The van der Waals surface area contributed by atoms with Crippen molar-refractivity contribution >= 4 is 56.6 Å². The van der Waals surface area contributed by atoms with E-state index in [1.54, 1.807) is 26.4 Å². The summed E-state index contributed by atoms with van der Waals surface area (Å²) in [6.45, 7) is 0. The number of ether oxygens (including phenoxy) is 2. The van der Waals surface area contributed by atoms with E-state index < -0.39 is 0 Å². The maximum atomic E-state index is 12.4. The zero-order valence-corrected chi connectivity index (χ0v) is 17.6. The number of carbonyl (C=O) groups is 1. The van der Waals surface area contributed by atoms with Crippen LogP contribution in [-0.2, 0) is 0 Å². The van der Waals surface area contributed by atoms with Gasteiger partial charge in [-0.1, -0.05) is 11.6 Å². The first kappa shape index (κ1) is 18.9. The smallest absolute Gasteiger partial charge is 0.258 e. The Bertz CT molecular complexity index is 961. The second-order valence-corrected chi connectivity index (χ2v) is 7.70. The van der Waals surface area contributed by atoms with Crippen molar-refractivity contribution in [3.63, 3.8) is 0 Å². The molecule has 2 aromatic carbocycles. The van der Waals surface area contributed by atoms with Crippen LogP contribution in [0.4, 0.5) is 5.13 Å². The van der Waals surface area contributed by atoms with Gasteiger partial charge in [0.15, 0.2) is 16.6 Å². The molecule has 0 saturated carbocycles. The summed E-state index contributed by atoms with van der Waals surface area (Å²) >= 11 is 9.59. The molecule has 1 heterocycles. The molecule has 8 heteroatoms. The Balaban J connectivity index is 1.82. The molecule has 0 bridgehead atoms. The van der Waals surface area contributed by atoms with Crippen molar-refractivity contribution in [1.82, 2.24) is 4.98 Å². The molecule has 3 rings (SSSR count). The summed E-state index contributed by atoms with van der Waals surface area (Å²) in [7, 11) is 3.17. The van der Waals surface area contributed by atoms with E-state index in [0.717, 1.165) is 14.8 Å². The third kappa shape index (κ3) is 4.11. The van der Waals surface area contributed by atoms with Gasteiger partial charge in [0, 0.05) is 14.5 Å². The lowest BCUT2D eigenvalue weighted by molar-refractivity contribution is 0.102. The van der Waals surface area contributed by atoms with Crippen molar-refractivity contribution in [3.8, 4) is 22.8 Å². The number of nitrogens with one attached hydrogen (secondary N) is 1. The molecular formula is C18H14ClIN2O3S. The lowest BCUT2D eigenvalue weighted by Gasteiger charge is -2.08. The Kier molecular flexibility index (Phi) is 6.00. The third-order valence-corrected chi connectivity index (χ3v) is 5.34. The number of nitrogens with zero attached hydrogens (tertiary/aromatic N) is 1. The standard InChI is InChI=1S/C18H14ClIN2O3S/c1-24-15-6-3-10(7-16(15)25-2)14-9-26-18(21-14)22-17(23)12-8-11(20)4-5-13(12)19/h3-9H,1-2H3,(H,21,22,23). The van der Waals surface area contributed by atoms with E-state index in [9.17, 15) is 4.79 Å². The maximum absolute atomic E-state index is 12.4. The molecule has 0 unspecified atom stereocenters. The predicted molar refractivity (Wildman–Crippen MR) is 113 cm³/mol. The van der Waals surface area contributed by atoms with Gasteiger partial charge in [-0.2, -0.15) is 0 Å². The normalized spacial score (nSPS) is 10.5. The molecule has 1 N–H and O–H groups in total. The summed E-state index contributed by atoms with van der Waals surface area (Å²) in [6, 6.07) is 10.8. The second kappa shape index (κ2) is 8.24. The van der Waals surface area contributed by atoms with Crippen LogP contribution in [0.2, 0.25) is 5.02 Å². The largest absolute Gasteiger partial charge is 0.493 e. The van der Waals surface area contributed by atoms with E-state index in [1.165, 1.54) is 11.3 Å². The van der Waals surface area contributed by atoms with Crippen LogP contribution in [0.25, 0.3) is 11.3 Å². The van der Waals surface area contributed by atoms with Gasteiger partial charge in [0.1, 0.15) is 0 Å². The van der Waals surface area contributed by atoms with Crippen molar-refractivity contribution in [3.05, 3.63) is 55.9 Å². The number of anilines is 1. The van der Waals surface area contributed by atoms with E-state index in [-0.39, 0.29) is 5.91 Å². The Hall–Kier alpha value is -1.84. The number of aromatic nitrogens is 1. The van der Waals surface area contributed by atoms with Crippen molar-refractivity contribution in [2.75, 3.05) is 19.5 Å². The van der Waals surface area contributed by atoms with Gasteiger partial charge in [0.25, 0.3) is 5.91 Å². The van der Waals surface area contributed by atoms with E-state index in [4.69, 9.17) is 21.1 Å². The Morgan fingerprint density at radius 1 is 1.15 bits per heavy atom. The summed E-state index contributed by atoms with van der Waals surface area (Å²) in [4.78, 5) is 16.9. The van der Waals surface area contributed by atoms with Crippen LogP contribution >= 0.6 is 45.5 Å². The van der Waals surface area contributed by atoms with Gasteiger partial charge in [-0.3, -0.25) is 10.1 Å². The quantitative estimate of drug-likeness (QED) is 0.481. The highest BCUT2D eigenvalue weighted by Crippen LogP contribution is 2.33. The number of carbonyl (C=O) groups excluding carboxylic acids is 1. The third-order valence-electron chi connectivity index (χ3n) is 3.58. The molecule has 1 aromatic heterocycles. The fraction of sp³-hybridized carbons (Fsp3) is 0.111. The summed E-state index contributed by atoms with van der Waals surface area (Å²) < 4.78 is 11.5. The SMILES string of the molecule is COc1ccc(-c2csc(NC(=O)c3cc(I)ccc3Cl)n2)cc1OC. The molecule has 0 aliphatic carbocycles. The Labute approximate surface area is 173 Å². The summed E-state index contributed by atoms with van der Waals surface area (Å²) in [5.41, 5.74) is 2.02. The van der Waals surface area contributed by atoms with Gasteiger partial charge < -0.3 is 9.47 Å². The van der Waals surface area contributed by atoms with Crippen LogP contribution < -0.4 is 14.8 Å². The van der Waals surface area contributed by atoms with Gasteiger partial charge in [0.05, 0.1) is 30.5 Å². The Morgan fingerprint density at radius 3 is 2.65 bits per heavy atom. The van der Waals surface area contributed by atoms with E-state index in [2.05, 4.69) is 32.9 Å². The first-order valence-corrected chi connectivity index (χ1v) is 9.79. The van der Waals surface area contributed by atoms with E-state index in [0.29, 0.717) is 27.2 Å². The molecule has 0 aliphatic heterocycles. The van der Waals surface area contributed by atoms with E-state index >= 15 is 0 Å². The van der Waals surface area contributed by atoms with Crippen molar-refractivity contribution in [2.45, 2.75) is 0 Å². The molecule has 0 atom stereocenters. The molecule has 0 saturated heterocycles. The van der Waals surface area contributed by atoms with Crippen LogP contribution in [0.1, 0.15) is 10.4 Å². The average Bonchev–Trinajstić information content (AvgIpc) is 3.11. The zero-order valence-electron chi connectivity index (χ0n) is 13.9. The minimum Gasteiger partial charge on any atom is -0.493 e.